The van der Waals surface area contributed by atoms with Crippen LogP contribution in [0.5, 0.6) is 5.75 Å². The van der Waals surface area contributed by atoms with Crippen LogP contribution in [0.1, 0.15) is 5.56 Å². The predicted molar refractivity (Wildman–Crippen MR) is 81.7 cm³/mol. The monoisotopic (exact) mass is 322 g/mol. The Morgan fingerprint density at radius 1 is 1.33 bits per heavy atom. The quantitative estimate of drug-likeness (QED) is 0.849. The van der Waals surface area contributed by atoms with E-state index in [2.05, 4.69) is 0 Å². The smallest absolute Gasteiger partial charge is 0.178 e. The van der Waals surface area contributed by atoms with Crippen LogP contribution in [0.15, 0.2) is 47.4 Å². The van der Waals surface area contributed by atoms with Crippen LogP contribution in [0, 0.1) is 5.82 Å². The average Bonchev–Trinajstić information content (AvgIpc) is 2.49. The molecule has 0 bridgehead atoms. The third-order valence-electron chi connectivity index (χ3n) is 3.25. The van der Waals surface area contributed by atoms with Crippen LogP contribution in [-0.2, 0) is 11.2 Å². The van der Waals surface area contributed by atoms with Crippen molar-refractivity contribution in [3.63, 3.8) is 0 Å². The fourth-order valence-corrected chi connectivity index (χ4v) is 3.32. The van der Waals surface area contributed by atoms with Gasteiger partial charge in [0.05, 0.1) is 0 Å². The minimum Gasteiger partial charge on any atom is -0.481 e. The maximum Gasteiger partial charge on any atom is 0.178 e. The van der Waals surface area contributed by atoms with Crippen molar-refractivity contribution >= 4 is 29.1 Å². The van der Waals surface area contributed by atoms with E-state index < -0.39 is 11.9 Å². The minimum atomic E-state index is -0.542. The maximum absolute atomic E-state index is 13.7. The normalized spacial score (nSPS) is 17.0. The lowest BCUT2D eigenvalue weighted by molar-refractivity contribution is -0.124. The molecule has 2 aromatic carbocycles. The van der Waals surface area contributed by atoms with Gasteiger partial charge in [-0.05, 0) is 29.8 Å². The maximum atomic E-state index is 13.7. The molecular weight excluding hydrogens is 311 g/mol. The molecule has 0 saturated heterocycles. The van der Waals surface area contributed by atoms with E-state index in [1.54, 1.807) is 23.9 Å². The summed E-state index contributed by atoms with van der Waals surface area (Å²) in [5.41, 5.74) is 0.344. The van der Waals surface area contributed by atoms with Crippen molar-refractivity contribution in [3.05, 3.63) is 58.9 Å². The van der Waals surface area contributed by atoms with Crippen LogP contribution < -0.4 is 4.74 Å². The Hall–Kier alpha value is -1.52. The van der Waals surface area contributed by atoms with Crippen LogP contribution in [0.3, 0.4) is 0 Å². The summed E-state index contributed by atoms with van der Waals surface area (Å²) in [7, 11) is 0. The lowest BCUT2D eigenvalue weighted by Gasteiger charge is -2.24. The van der Waals surface area contributed by atoms with E-state index in [-0.39, 0.29) is 12.2 Å². The summed E-state index contributed by atoms with van der Waals surface area (Å²) < 4.78 is 19.4. The highest BCUT2D eigenvalue weighted by atomic mass is 35.5. The van der Waals surface area contributed by atoms with Crippen LogP contribution in [0.25, 0.3) is 0 Å². The Labute approximate surface area is 131 Å². The van der Waals surface area contributed by atoms with Gasteiger partial charge in [0.2, 0.25) is 0 Å². The third kappa shape index (κ3) is 3.22. The zero-order chi connectivity index (χ0) is 14.8. The van der Waals surface area contributed by atoms with E-state index in [1.165, 1.54) is 6.07 Å². The molecule has 2 nitrogen and oxygen atoms in total. The third-order valence-corrected chi connectivity index (χ3v) is 4.60. The number of carbonyl (C=O) groups is 1. The Balaban J connectivity index is 1.72. The molecule has 1 aliphatic heterocycles. The van der Waals surface area contributed by atoms with Gasteiger partial charge in [0.1, 0.15) is 11.6 Å². The van der Waals surface area contributed by atoms with Gasteiger partial charge >= 0.3 is 0 Å². The Kier molecular flexibility index (Phi) is 4.17. The second-order valence-corrected chi connectivity index (χ2v) is 6.24. The van der Waals surface area contributed by atoms with Gasteiger partial charge in [-0.25, -0.2) is 4.39 Å². The molecule has 0 spiro atoms. The first kappa shape index (κ1) is 14.4. The lowest BCUT2D eigenvalue weighted by atomic mass is 10.1. The first-order valence-electron chi connectivity index (χ1n) is 6.48. The topological polar surface area (TPSA) is 26.3 Å². The molecule has 3 rings (SSSR count). The number of halogens is 2. The zero-order valence-corrected chi connectivity index (χ0v) is 12.6. The van der Waals surface area contributed by atoms with Crippen molar-refractivity contribution in [1.29, 1.82) is 0 Å². The molecule has 2 aromatic rings. The molecule has 0 N–H and O–H groups in total. The molecule has 1 aliphatic rings. The molecule has 0 fully saturated rings. The number of Topliss-reactive ketones (excluding diaryl/α,β-unsaturated/α-hetero) is 1. The molecule has 0 saturated carbocycles. The van der Waals surface area contributed by atoms with Gasteiger partial charge in [0, 0.05) is 22.1 Å². The number of hydrogen-bond acceptors (Lipinski definition) is 3. The number of hydrogen-bond donors (Lipinski definition) is 0. The largest absolute Gasteiger partial charge is 0.481 e. The van der Waals surface area contributed by atoms with E-state index in [0.29, 0.717) is 22.1 Å². The molecule has 1 heterocycles. The van der Waals surface area contributed by atoms with Gasteiger partial charge in [-0.2, -0.15) is 0 Å². The second kappa shape index (κ2) is 6.08. The summed E-state index contributed by atoms with van der Waals surface area (Å²) in [6.45, 7) is 0. The highest BCUT2D eigenvalue weighted by molar-refractivity contribution is 7.99. The Bertz CT molecular complexity index is 690. The minimum absolute atomic E-state index is 0.0103. The SMILES string of the molecule is O=C(Cc1ccc(Cl)cc1F)C1CSc2ccccc2O1. The molecule has 0 aromatic heterocycles. The van der Waals surface area contributed by atoms with E-state index in [9.17, 15) is 9.18 Å². The summed E-state index contributed by atoms with van der Waals surface area (Å²) in [5.74, 6) is 0.673. The highest BCUT2D eigenvalue weighted by Gasteiger charge is 2.26. The molecule has 0 aliphatic carbocycles. The molecule has 21 heavy (non-hydrogen) atoms. The van der Waals surface area contributed by atoms with Gasteiger partial charge in [-0.15, -0.1) is 11.8 Å². The number of ketones is 1. The van der Waals surface area contributed by atoms with Crippen LogP contribution in [-0.4, -0.2) is 17.6 Å². The Morgan fingerprint density at radius 2 is 2.14 bits per heavy atom. The number of thioether (sulfide) groups is 1. The number of para-hydroxylation sites is 1. The first-order chi connectivity index (χ1) is 10.1. The van der Waals surface area contributed by atoms with Crippen LogP contribution in [0.4, 0.5) is 4.39 Å². The fourth-order valence-electron chi connectivity index (χ4n) is 2.14. The van der Waals surface area contributed by atoms with Crippen molar-refractivity contribution in [2.24, 2.45) is 0 Å². The highest BCUT2D eigenvalue weighted by Crippen LogP contribution is 2.35. The summed E-state index contributed by atoms with van der Waals surface area (Å²) in [4.78, 5) is 13.3. The van der Waals surface area contributed by atoms with Gasteiger partial charge in [0.15, 0.2) is 11.9 Å². The van der Waals surface area contributed by atoms with Gasteiger partial charge in [-0.3, -0.25) is 4.79 Å². The molecule has 5 heteroatoms. The summed E-state index contributed by atoms with van der Waals surface area (Å²) in [5, 5.41) is 0.321. The molecular formula is C16H12ClFO2S. The molecule has 108 valence electrons. The Morgan fingerprint density at radius 3 is 2.95 bits per heavy atom. The van der Waals surface area contributed by atoms with E-state index in [1.807, 2.05) is 24.3 Å². The number of fused-ring (bicyclic) bond motifs is 1. The van der Waals surface area contributed by atoms with Crippen LogP contribution in [0.2, 0.25) is 5.02 Å². The van der Waals surface area contributed by atoms with Gasteiger partial charge in [-0.1, -0.05) is 29.8 Å². The summed E-state index contributed by atoms with van der Waals surface area (Å²) >= 11 is 7.29. The first-order valence-corrected chi connectivity index (χ1v) is 7.85. The summed E-state index contributed by atoms with van der Waals surface area (Å²) in [6.07, 6.45) is -0.531. The lowest BCUT2D eigenvalue weighted by Crippen LogP contribution is -2.33. The van der Waals surface area contributed by atoms with Crippen molar-refractivity contribution in [3.8, 4) is 5.75 Å². The van der Waals surface area contributed by atoms with Gasteiger partial charge < -0.3 is 4.74 Å². The van der Waals surface area contributed by atoms with Crippen molar-refractivity contribution in [1.82, 2.24) is 0 Å². The standard InChI is InChI=1S/C16H12ClFO2S/c17-11-6-5-10(12(18)8-11)7-13(19)15-9-21-16-4-2-1-3-14(16)20-15/h1-6,8,15H,7,9H2. The fraction of sp³-hybridized carbons (Fsp3) is 0.188. The zero-order valence-electron chi connectivity index (χ0n) is 11.0. The van der Waals surface area contributed by atoms with E-state index in [0.717, 1.165) is 4.90 Å². The molecule has 1 unspecified atom stereocenters. The van der Waals surface area contributed by atoms with Crippen molar-refractivity contribution in [2.75, 3.05) is 5.75 Å². The second-order valence-electron chi connectivity index (χ2n) is 4.74. The molecule has 0 radical (unpaired) electrons. The van der Waals surface area contributed by atoms with Gasteiger partial charge in [0.25, 0.3) is 0 Å². The molecule has 0 amide bonds. The number of ether oxygens (including phenoxy) is 1. The summed E-state index contributed by atoms with van der Waals surface area (Å²) in [6, 6.07) is 11.9. The number of carbonyl (C=O) groups excluding carboxylic acids is 1. The van der Waals surface area contributed by atoms with E-state index >= 15 is 0 Å². The number of rotatable bonds is 3. The molecule has 1 atom stereocenters. The number of benzene rings is 2. The van der Waals surface area contributed by atoms with E-state index in [4.69, 9.17) is 16.3 Å². The van der Waals surface area contributed by atoms with Crippen LogP contribution >= 0.6 is 23.4 Å². The predicted octanol–water partition coefficient (Wildman–Crippen LogP) is 4.14. The van der Waals surface area contributed by atoms with Crippen molar-refractivity contribution < 1.29 is 13.9 Å². The van der Waals surface area contributed by atoms with Crippen molar-refractivity contribution in [2.45, 2.75) is 17.4 Å². The average molecular weight is 323 g/mol.